The van der Waals surface area contributed by atoms with Crippen LogP contribution in [0.15, 0.2) is 66.7 Å². The van der Waals surface area contributed by atoms with E-state index in [1.807, 2.05) is 25.1 Å². The Balaban J connectivity index is 1.43. The lowest BCUT2D eigenvalue weighted by Gasteiger charge is -2.17. The number of carbonyl (C=O) groups excluding carboxylic acids is 2. The van der Waals surface area contributed by atoms with Crippen molar-refractivity contribution in [3.05, 3.63) is 89.1 Å². The van der Waals surface area contributed by atoms with E-state index in [-0.39, 0.29) is 18.2 Å². The molecule has 3 aromatic carbocycles. The Hall–Kier alpha value is -4.39. The predicted molar refractivity (Wildman–Crippen MR) is 132 cm³/mol. The van der Waals surface area contributed by atoms with Crippen molar-refractivity contribution in [3.8, 4) is 16.9 Å². The number of aromatic amines is 1. The standard InChI is InChI=1S/C27H24N4O3/c1-15(26(32)17-4-7-19(34-3)8-5-17)13-31-14-22-20(9-10-23(28)25(22)27(31)33)18-6-11-24-21(12-18)16(2)29-30-24/h4-12H,1,13-14,28H2,2-3H3,(H,29,30). The van der Waals surface area contributed by atoms with E-state index in [4.69, 9.17) is 10.5 Å². The van der Waals surface area contributed by atoms with Gasteiger partial charge in [0.25, 0.3) is 5.91 Å². The molecule has 1 aromatic heterocycles. The molecule has 0 fully saturated rings. The second-order valence-electron chi connectivity index (χ2n) is 8.45. The maximum absolute atomic E-state index is 13.3. The number of fused-ring (bicyclic) bond motifs is 2. The smallest absolute Gasteiger partial charge is 0.256 e. The Morgan fingerprint density at radius 2 is 1.94 bits per heavy atom. The van der Waals surface area contributed by atoms with Gasteiger partial charge in [-0.2, -0.15) is 5.10 Å². The minimum absolute atomic E-state index is 0.122. The average molecular weight is 453 g/mol. The average Bonchev–Trinajstić information content (AvgIpc) is 3.38. The number of aromatic nitrogens is 2. The SMILES string of the molecule is C=C(CN1Cc2c(-c3ccc4[nH]nc(C)c4c3)ccc(N)c2C1=O)C(=O)c1ccc(OC)cc1. The molecule has 0 spiro atoms. The first-order chi connectivity index (χ1) is 16.4. The van der Waals surface area contributed by atoms with Gasteiger partial charge in [0.05, 0.1) is 23.9 Å². The summed E-state index contributed by atoms with van der Waals surface area (Å²) >= 11 is 0. The van der Waals surface area contributed by atoms with Gasteiger partial charge < -0.3 is 15.4 Å². The van der Waals surface area contributed by atoms with Crippen molar-refractivity contribution < 1.29 is 14.3 Å². The molecule has 7 heteroatoms. The molecule has 170 valence electrons. The van der Waals surface area contributed by atoms with Crippen LogP contribution >= 0.6 is 0 Å². The van der Waals surface area contributed by atoms with Crippen LogP contribution in [-0.2, 0) is 6.54 Å². The zero-order chi connectivity index (χ0) is 24.0. The largest absolute Gasteiger partial charge is 0.497 e. The molecule has 1 aliphatic heterocycles. The summed E-state index contributed by atoms with van der Waals surface area (Å²) in [5.41, 5.74) is 12.6. The van der Waals surface area contributed by atoms with Crippen LogP contribution in [0.2, 0.25) is 0 Å². The minimum Gasteiger partial charge on any atom is -0.497 e. The summed E-state index contributed by atoms with van der Waals surface area (Å²) in [7, 11) is 1.57. The monoisotopic (exact) mass is 452 g/mol. The second kappa shape index (κ2) is 8.19. The number of rotatable bonds is 6. The van der Waals surface area contributed by atoms with E-state index in [9.17, 15) is 9.59 Å². The van der Waals surface area contributed by atoms with Crippen LogP contribution in [0.25, 0.3) is 22.0 Å². The van der Waals surface area contributed by atoms with E-state index in [1.54, 1.807) is 42.3 Å². The maximum atomic E-state index is 13.3. The fourth-order valence-electron chi connectivity index (χ4n) is 4.46. The molecular formula is C27H24N4O3. The summed E-state index contributed by atoms with van der Waals surface area (Å²) in [6, 6.07) is 16.6. The highest BCUT2D eigenvalue weighted by atomic mass is 16.5. The number of Topliss-reactive ketones (excluding diaryl/α,β-unsaturated/α-hetero) is 1. The third-order valence-corrected chi connectivity index (χ3v) is 6.31. The van der Waals surface area contributed by atoms with Gasteiger partial charge in [0, 0.05) is 35.3 Å². The third-order valence-electron chi connectivity index (χ3n) is 6.31. The van der Waals surface area contributed by atoms with Crippen molar-refractivity contribution in [2.75, 3.05) is 19.4 Å². The van der Waals surface area contributed by atoms with Gasteiger partial charge in [-0.3, -0.25) is 14.7 Å². The summed E-state index contributed by atoms with van der Waals surface area (Å²) < 4.78 is 5.15. The van der Waals surface area contributed by atoms with E-state index < -0.39 is 0 Å². The van der Waals surface area contributed by atoms with E-state index in [2.05, 4.69) is 22.8 Å². The molecule has 0 saturated heterocycles. The number of nitrogens with two attached hydrogens (primary N) is 1. The second-order valence-corrected chi connectivity index (χ2v) is 8.45. The number of ketones is 1. The summed E-state index contributed by atoms with van der Waals surface area (Å²) in [6.45, 7) is 6.39. The normalized spacial score (nSPS) is 12.8. The Labute approximate surface area is 196 Å². The molecule has 1 aliphatic rings. The van der Waals surface area contributed by atoms with E-state index in [0.717, 1.165) is 33.3 Å². The van der Waals surface area contributed by atoms with Crippen LogP contribution in [0.1, 0.15) is 32.0 Å². The van der Waals surface area contributed by atoms with Gasteiger partial charge in [-0.05, 0) is 66.1 Å². The molecule has 3 N–H and O–H groups in total. The number of amides is 1. The summed E-state index contributed by atoms with van der Waals surface area (Å²) in [4.78, 5) is 27.8. The quantitative estimate of drug-likeness (QED) is 0.254. The van der Waals surface area contributed by atoms with Gasteiger partial charge in [-0.25, -0.2) is 0 Å². The fourth-order valence-corrected chi connectivity index (χ4v) is 4.46. The topological polar surface area (TPSA) is 101 Å². The van der Waals surface area contributed by atoms with Gasteiger partial charge >= 0.3 is 0 Å². The molecule has 0 bridgehead atoms. The molecule has 2 heterocycles. The van der Waals surface area contributed by atoms with Crippen LogP contribution in [0.3, 0.4) is 0 Å². The highest BCUT2D eigenvalue weighted by Gasteiger charge is 2.33. The van der Waals surface area contributed by atoms with Crippen molar-refractivity contribution in [1.82, 2.24) is 15.1 Å². The molecule has 4 aromatic rings. The number of benzene rings is 3. The number of carbonyl (C=O) groups is 2. The van der Waals surface area contributed by atoms with E-state index >= 15 is 0 Å². The van der Waals surface area contributed by atoms with Crippen LogP contribution in [0, 0.1) is 6.92 Å². The lowest BCUT2D eigenvalue weighted by Crippen LogP contribution is -2.28. The molecule has 34 heavy (non-hydrogen) atoms. The number of methoxy groups -OCH3 is 1. The molecule has 0 saturated carbocycles. The number of ether oxygens (including phenoxy) is 1. The van der Waals surface area contributed by atoms with Crippen molar-refractivity contribution in [1.29, 1.82) is 0 Å². The highest BCUT2D eigenvalue weighted by molar-refractivity contribution is 6.10. The zero-order valence-electron chi connectivity index (χ0n) is 19.0. The Morgan fingerprint density at radius 1 is 1.18 bits per heavy atom. The molecular weight excluding hydrogens is 428 g/mol. The van der Waals surface area contributed by atoms with E-state index in [0.29, 0.717) is 34.7 Å². The number of nitrogen functional groups attached to an aromatic ring is 1. The number of hydrogen-bond acceptors (Lipinski definition) is 5. The number of H-pyrrole nitrogens is 1. The number of anilines is 1. The molecule has 0 unspecified atom stereocenters. The predicted octanol–water partition coefficient (Wildman–Crippen LogP) is 4.52. The first kappa shape index (κ1) is 21.5. The molecule has 1 amide bonds. The Kier molecular flexibility index (Phi) is 5.17. The van der Waals surface area contributed by atoms with Crippen LogP contribution in [-0.4, -0.2) is 40.4 Å². The molecule has 5 rings (SSSR count). The summed E-state index contributed by atoms with van der Waals surface area (Å²) in [5.74, 6) is 0.262. The van der Waals surface area contributed by atoms with Crippen LogP contribution in [0.5, 0.6) is 5.75 Å². The first-order valence-corrected chi connectivity index (χ1v) is 10.9. The summed E-state index contributed by atoms with van der Waals surface area (Å²) in [5, 5.41) is 8.31. The highest BCUT2D eigenvalue weighted by Crippen LogP contribution is 2.37. The van der Waals surface area contributed by atoms with Crippen LogP contribution in [0.4, 0.5) is 5.69 Å². The molecule has 0 radical (unpaired) electrons. The lowest BCUT2D eigenvalue weighted by atomic mass is 9.95. The molecule has 0 atom stereocenters. The fraction of sp³-hybridized carbons (Fsp3) is 0.148. The van der Waals surface area contributed by atoms with Crippen LogP contribution < -0.4 is 10.5 Å². The number of aryl methyl sites for hydroxylation is 1. The van der Waals surface area contributed by atoms with Gasteiger partial charge in [0.2, 0.25) is 0 Å². The van der Waals surface area contributed by atoms with Gasteiger partial charge in [-0.15, -0.1) is 0 Å². The minimum atomic E-state index is -0.208. The van der Waals surface area contributed by atoms with Crippen molar-refractivity contribution in [2.45, 2.75) is 13.5 Å². The van der Waals surface area contributed by atoms with Crippen molar-refractivity contribution in [2.24, 2.45) is 0 Å². The lowest BCUT2D eigenvalue weighted by molar-refractivity contribution is 0.0789. The van der Waals surface area contributed by atoms with Gasteiger partial charge in [0.15, 0.2) is 5.78 Å². The number of nitrogens with one attached hydrogen (secondary N) is 1. The number of nitrogens with zero attached hydrogens (tertiary/aromatic N) is 2. The zero-order valence-corrected chi connectivity index (χ0v) is 19.0. The summed E-state index contributed by atoms with van der Waals surface area (Å²) in [6.07, 6.45) is 0. The third kappa shape index (κ3) is 3.51. The number of hydrogen-bond donors (Lipinski definition) is 2. The van der Waals surface area contributed by atoms with E-state index in [1.165, 1.54) is 0 Å². The maximum Gasteiger partial charge on any atom is 0.256 e. The van der Waals surface area contributed by atoms with Crippen molar-refractivity contribution >= 4 is 28.3 Å². The molecule has 7 nitrogen and oxygen atoms in total. The van der Waals surface area contributed by atoms with Gasteiger partial charge in [0.1, 0.15) is 5.75 Å². The first-order valence-electron chi connectivity index (χ1n) is 10.9. The Bertz CT molecular complexity index is 1470. The van der Waals surface area contributed by atoms with Gasteiger partial charge in [-0.1, -0.05) is 18.7 Å². The Morgan fingerprint density at radius 3 is 2.68 bits per heavy atom. The van der Waals surface area contributed by atoms with Crippen molar-refractivity contribution in [3.63, 3.8) is 0 Å². The molecule has 0 aliphatic carbocycles.